The van der Waals surface area contributed by atoms with Crippen molar-refractivity contribution in [1.82, 2.24) is 0 Å². The van der Waals surface area contributed by atoms with E-state index in [1.165, 1.54) is 24.3 Å². The van der Waals surface area contributed by atoms with Crippen LogP contribution in [0, 0.1) is 5.41 Å². The van der Waals surface area contributed by atoms with E-state index in [4.69, 9.17) is 27.0 Å². The summed E-state index contributed by atoms with van der Waals surface area (Å²) in [7, 11) is -4.08. The normalized spacial score (nSPS) is 13.1. The molecule has 0 amide bonds. The maximum Gasteiger partial charge on any atom is 0.321 e. The topological polar surface area (TPSA) is 118 Å². The van der Waals surface area contributed by atoms with E-state index in [1.807, 2.05) is 0 Å². The highest BCUT2D eigenvalue weighted by atomic mass is 35.5. The van der Waals surface area contributed by atoms with Crippen molar-refractivity contribution in [2.24, 2.45) is 11.1 Å². The molecule has 0 heterocycles. The molecule has 1 aromatic rings. The zero-order valence-corrected chi connectivity index (χ0v) is 12.9. The largest absolute Gasteiger partial charge is 0.480 e. The minimum Gasteiger partial charge on any atom is -0.480 e. The van der Waals surface area contributed by atoms with E-state index in [2.05, 4.69) is 0 Å². The molecule has 0 aliphatic carbocycles. The Hall–Kier alpha value is -1.15. The highest BCUT2D eigenvalue weighted by molar-refractivity contribution is 7.85. The first-order chi connectivity index (χ1) is 8.85. The molecule has 0 bridgehead atoms. The molecule has 0 saturated heterocycles. The quantitative estimate of drug-likeness (QED) is 0.717. The number of carboxylic acids is 1. The molecule has 0 saturated carbocycles. The van der Waals surface area contributed by atoms with Crippen LogP contribution in [-0.2, 0) is 14.9 Å². The van der Waals surface area contributed by atoms with E-state index in [1.54, 1.807) is 20.8 Å². The van der Waals surface area contributed by atoms with Crippen molar-refractivity contribution < 1.29 is 22.9 Å². The molecule has 0 spiro atoms. The summed E-state index contributed by atoms with van der Waals surface area (Å²) in [5.74, 6) is -0.942. The summed E-state index contributed by atoms with van der Waals surface area (Å²) in [4.78, 5) is 10.1. The number of aliphatic carboxylic acids is 1. The van der Waals surface area contributed by atoms with Gasteiger partial charge in [-0.15, -0.1) is 0 Å². The van der Waals surface area contributed by atoms with Gasteiger partial charge in [0.1, 0.15) is 6.04 Å². The first-order valence-electron chi connectivity index (χ1n) is 5.57. The smallest absolute Gasteiger partial charge is 0.321 e. The summed E-state index contributed by atoms with van der Waals surface area (Å²) in [6.45, 7) is 5.39. The van der Waals surface area contributed by atoms with E-state index in [0.29, 0.717) is 5.02 Å². The second-order valence-corrected chi connectivity index (χ2v) is 6.97. The lowest BCUT2D eigenvalue weighted by Gasteiger charge is -2.22. The molecule has 8 heteroatoms. The van der Waals surface area contributed by atoms with Crippen LogP contribution in [0.25, 0.3) is 0 Å². The van der Waals surface area contributed by atoms with Gasteiger partial charge in [0.15, 0.2) is 0 Å². The van der Waals surface area contributed by atoms with Crippen LogP contribution in [0.5, 0.6) is 0 Å². The highest BCUT2D eigenvalue weighted by Crippen LogP contribution is 2.16. The van der Waals surface area contributed by atoms with E-state index >= 15 is 0 Å². The molecule has 20 heavy (non-hydrogen) atoms. The van der Waals surface area contributed by atoms with Crippen LogP contribution >= 0.6 is 11.6 Å². The molecule has 1 aromatic carbocycles. The molecule has 0 fully saturated rings. The van der Waals surface area contributed by atoms with Crippen molar-refractivity contribution in [3.8, 4) is 0 Å². The number of nitrogens with two attached hydrogens (primary N) is 1. The molecule has 1 rings (SSSR count). The fraction of sp³-hybridized carbons (Fsp3) is 0.417. The summed E-state index contributed by atoms with van der Waals surface area (Å²) < 4.78 is 29.4. The summed E-state index contributed by atoms with van der Waals surface area (Å²) >= 11 is 5.49. The zero-order valence-electron chi connectivity index (χ0n) is 11.4. The maximum atomic E-state index is 10.5. The lowest BCUT2D eigenvalue weighted by Crippen LogP contribution is -2.41. The molecule has 6 nitrogen and oxygen atoms in total. The monoisotopic (exact) mass is 323 g/mol. The molecule has 0 aliphatic rings. The minimum absolute atomic E-state index is 0.151. The summed E-state index contributed by atoms with van der Waals surface area (Å²) in [6.07, 6.45) is 0. The maximum absolute atomic E-state index is 10.5. The number of rotatable bonds is 2. The summed E-state index contributed by atoms with van der Waals surface area (Å²) in [5, 5.41) is 8.82. The summed E-state index contributed by atoms with van der Waals surface area (Å²) in [6, 6.07) is 4.49. The Morgan fingerprint density at radius 3 is 1.85 bits per heavy atom. The SMILES string of the molecule is CC(C)(C)[C@H](N)C(=O)O.O=S(=O)(O)c1ccc(Cl)cc1. The Labute approximate surface area is 123 Å². The Morgan fingerprint density at radius 2 is 1.65 bits per heavy atom. The van der Waals surface area contributed by atoms with Crippen LogP contribution < -0.4 is 5.73 Å². The molecule has 0 radical (unpaired) electrons. The van der Waals surface area contributed by atoms with Gasteiger partial charge in [-0.05, 0) is 29.7 Å². The van der Waals surface area contributed by atoms with Gasteiger partial charge < -0.3 is 10.8 Å². The minimum atomic E-state index is -4.08. The Kier molecular flexibility index (Phi) is 6.63. The van der Waals surface area contributed by atoms with E-state index in [0.717, 1.165) is 0 Å². The highest BCUT2D eigenvalue weighted by Gasteiger charge is 2.26. The van der Waals surface area contributed by atoms with Gasteiger partial charge in [0.25, 0.3) is 10.1 Å². The molecule has 0 unspecified atom stereocenters. The van der Waals surface area contributed by atoms with Crippen LogP contribution in [0.1, 0.15) is 20.8 Å². The predicted octanol–water partition coefficient (Wildman–Crippen LogP) is 2.03. The molecule has 0 aliphatic heterocycles. The van der Waals surface area contributed by atoms with Crippen molar-refractivity contribution in [2.75, 3.05) is 0 Å². The first kappa shape index (κ1) is 18.9. The molecule has 114 valence electrons. The number of carbonyl (C=O) groups is 1. The van der Waals surface area contributed by atoms with Gasteiger partial charge in [-0.2, -0.15) is 8.42 Å². The van der Waals surface area contributed by atoms with Gasteiger partial charge in [0, 0.05) is 5.02 Å². The van der Waals surface area contributed by atoms with E-state index < -0.39 is 22.1 Å². The van der Waals surface area contributed by atoms with Crippen molar-refractivity contribution in [3.63, 3.8) is 0 Å². The van der Waals surface area contributed by atoms with Crippen LogP contribution in [0.4, 0.5) is 0 Å². The molecule has 0 aromatic heterocycles. The lowest BCUT2D eigenvalue weighted by molar-refractivity contribution is -0.141. The van der Waals surface area contributed by atoms with Gasteiger partial charge in [0.05, 0.1) is 4.90 Å². The predicted molar refractivity (Wildman–Crippen MR) is 76.3 cm³/mol. The molecule has 1 atom stereocenters. The van der Waals surface area contributed by atoms with Gasteiger partial charge in [-0.3, -0.25) is 9.35 Å². The molecular weight excluding hydrogens is 306 g/mol. The Morgan fingerprint density at radius 1 is 1.25 bits per heavy atom. The Bertz CT molecular complexity index is 548. The summed E-state index contributed by atoms with van der Waals surface area (Å²) in [5.41, 5.74) is 4.95. The third-order valence-corrected chi connectivity index (χ3v) is 3.43. The van der Waals surface area contributed by atoms with Gasteiger partial charge in [-0.25, -0.2) is 0 Å². The first-order valence-corrected chi connectivity index (χ1v) is 7.39. The second kappa shape index (κ2) is 7.03. The van der Waals surface area contributed by atoms with E-state index in [9.17, 15) is 13.2 Å². The second-order valence-electron chi connectivity index (χ2n) is 5.11. The van der Waals surface area contributed by atoms with Gasteiger partial charge in [0.2, 0.25) is 0 Å². The Balaban J connectivity index is 0.000000370. The number of benzene rings is 1. The lowest BCUT2D eigenvalue weighted by atomic mass is 9.88. The van der Waals surface area contributed by atoms with Crippen LogP contribution in [-0.4, -0.2) is 30.1 Å². The number of carboxylic acid groups (broad SMARTS) is 1. The number of halogens is 1. The van der Waals surface area contributed by atoms with Crippen LogP contribution in [0.2, 0.25) is 5.02 Å². The van der Waals surface area contributed by atoms with Crippen molar-refractivity contribution >= 4 is 27.7 Å². The van der Waals surface area contributed by atoms with Crippen LogP contribution in [0.3, 0.4) is 0 Å². The van der Waals surface area contributed by atoms with Crippen molar-refractivity contribution in [2.45, 2.75) is 31.7 Å². The standard InChI is InChI=1S/C6H5ClO3S.C6H13NO2/c7-5-1-3-6(4-2-5)11(8,9)10;1-6(2,3)4(7)5(8)9/h1-4H,(H,8,9,10);4H,7H2,1-3H3,(H,8,9)/t;4-/m.1/s1. The van der Waals surface area contributed by atoms with Gasteiger partial charge in [-0.1, -0.05) is 32.4 Å². The zero-order chi connectivity index (χ0) is 16.1. The number of hydrogen-bond donors (Lipinski definition) is 3. The van der Waals surface area contributed by atoms with Crippen LogP contribution in [0.15, 0.2) is 29.2 Å². The third kappa shape index (κ3) is 6.85. The average Bonchev–Trinajstić information content (AvgIpc) is 2.26. The number of hydrogen-bond acceptors (Lipinski definition) is 4. The third-order valence-electron chi connectivity index (χ3n) is 2.31. The fourth-order valence-corrected chi connectivity index (χ4v) is 1.58. The molecule has 4 N–H and O–H groups in total. The van der Waals surface area contributed by atoms with Crippen molar-refractivity contribution in [3.05, 3.63) is 29.3 Å². The molecular formula is C12H18ClNO5S. The van der Waals surface area contributed by atoms with Crippen molar-refractivity contribution in [1.29, 1.82) is 0 Å². The average molecular weight is 324 g/mol. The fourth-order valence-electron chi connectivity index (χ4n) is 0.977. The van der Waals surface area contributed by atoms with Gasteiger partial charge >= 0.3 is 5.97 Å². The van der Waals surface area contributed by atoms with E-state index in [-0.39, 0.29) is 10.3 Å².